The van der Waals surface area contributed by atoms with Gasteiger partial charge in [0.1, 0.15) is 6.10 Å². The van der Waals surface area contributed by atoms with Gasteiger partial charge in [0, 0.05) is 0 Å². The molecule has 2 heterocycles. The monoisotopic (exact) mass is 370 g/mol. The van der Waals surface area contributed by atoms with Crippen molar-refractivity contribution >= 4 is 17.8 Å². The predicted molar refractivity (Wildman–Crippen MR) is 102 cm³/mol. The lowest BCUT2D eigenvalue weighted by Crippen LogP contribution is -2.30. The number of benzene rings is 1. The fraction of sp³-hybridized carbons (Fsp3) is 0.455. The number of carbonyl (C=O) groups excluding carboxylic acids is 2. The van der Waals surface area contributed by atoms with Crippen LogP contribution in [0.5, 0.6) is 0 Å². The van der Waals surface area contributed by atoms with Gasteiger partial charge in [-0.05, 0) is 57.7 Å². The van der Waals surface area contributed by atoms with Gasteiger partial charge in [0.15, 0.2) is 11.6 Å². The van der Waals surface area contributed by atoms with Crippen molar-refractivity contribution in [1.29, 1.82) is 0 Å². The zero-order chi connectivity index (χ0) is 19.6. The molecule has 3 rings (SSSR count). The molecule has 1 aromatic carbocycles. The van der Waals surface area contributed by atoms with Gasteiger partial charge in [0.2, 0.25) is 0 Å². The van der Waals surface area contributed by atoms with Crippen molar-refractivity contribution in [2.24, 2.45) is 0 Å². The van der Waals surface area contributed by atoms with E-state index in [4.69, 9.17) is 14.2 Å². The van der Waals surface area contributed by atoms with E-state index in [0.717, 1.165) is 16.7 Å². The Kier molecular flexibility index (Phi) is 5.63. The first kappa shape index (κ1) is 19.5. The van der Waals surface area contributed by atoms with E-state index in [0.29, 0.717) is 18.4 Å². The molecule has 2 aliphatic heterocycles. The molecule has 144 valence electrons. The molecule has 2 aliphatic rings. The summed E-state index contributed by atoms with van der Waals surface area (Å²) in [6.45, 7) is 7.74. The van der Waals surface area contributed by atoms with Crippen molar-refractivity contribution in [3.8, 4) is 0 Å². The second-order valence-corrected chi connectivity index (χ2v) is 7.51. The third-order valence-corrected chi connectivity index (χ3v) is 4.64. The fourth-order valence-corrected chi connectivity index (χ4v) is 3.57. The van der Waals surface area contributed by atoms with Gasteiger partial charge in [-0.25, -0.2) is 4.79 Å². The molecule has 0 N–H and O–H groups in total. The number of fused-ring (bicyclic) bond motifs is 2. The molecule has 27 heavy (non-hydrogen) atoms. The van der Waals surface area contributed by atoms with Crippen LogP contribution >= 0.6 is 0 Å². The summed E-state index contributed by atoms with van der Waals surface area (Å²) in [5.74, 6) is -1.28. The largest absolute Gasteiger partial charge is 0.462 e. The van der Waals surface area contributed by atoms with Crippen LogP contribution in [0, 0.1) is 13.8 Å². The van der Waals surface area contributed by atoms with E-state index >= 15 is 0 Å². The van der Waals surface area contributed by atoms with Crippen molar-refractivity contribution in [3.63, 3.8) is 0 Å². The highest BCUT2D eigenvalue weighted by Gasteiger charge is 2.43. The number of ether oxygens (including phenoxy) is 3. The van der Waals surface area contributed by atoms with E-state index in [1.165, 1.54) is 6.08 Å². The van der Waals surface area contributed by atoms with Crippen LogP contribution in [0.1, 0.15) is 53.7 Å². The Morgan fingerprint density at radius 1 is 1.04 bits per heavy atom. The Morgan fingerprint density at radius 3 is 2.59 bits per heavy atom. The van der Waals surface area contributed by atoms with Gasteiger partial charge in [-0.15, -0.1) is 0 Å². The van der Waals surface area contributed by atoms with E-state index in [9.17, 15) is 9.59 Å². The molecule has 5 heteroatoms. The van der Waals surface area contributed by atoms with Crippen LogP contribution < -0.4 is 0 Å². The van der Waals surface area contributed by atoms with Gasteiger partial charge in [0.05, 0.1) is 18.3 Å². The van der Waals surface area contributed by atoms with Crippen LogP contribution in [0.15, 0.2) is 30.4 Å². The molecule has 1 saturated heterocycles. The maximum atomic E-state index is 12.5. The highest BCUT2D eigenvalue weighted by molar-refractivity contribution is 5.96. The number of aryl methyl sites for hydroxylation is 2. The number of cyclic esters (lactones) is 1. The molecule has 1 fully saturated rings. The number of carbonyl (C=O) groups is 2. The SMILES string of the molecule is Cc1cc(C)c2c(c1)/C=C/C[C@H]1OC(C)(C)OC1C(=O)/C=C\CCOC2=O. The van der Waals surface area contributed by atoms with Crippen LogP contribution in [-0.2, 0) is 19.0 Å². The molecular weight excluding hydrogens is 344 g/mol. The van der Waals surface area contributed by atoms with E-state index < -0.39 is 11.9 Å². The van der Waals surface area contributed by atoms with Crippen LogP contribution in [0.2, 0.25) is 0 Å². The first-order valence-electron chi connectivity index (χ1n) is 9.28. The zero-order valence-electron chi connectivity index (χ0n) is 16.3. The van der Waals surface area contributed by atoms with Crippen molar-refractivity contribution in [3.05, 3.63) is 52.6 Å². The van der Waals surface area contributed by atoms with Gasteiger partial charge in [-0.2, -0.15) is 0 Å². The third kappa shape index (κ3) is 4.54. The fourth-order valence-electron chi connectivity index (χ4n) is 3.57. The molecule has 5 nitrogen and oxygen atoms in total. The Balaban J connectivity index is 1.96. The molecule has 1 aromatic rings. The Labute approximate surface area is 160 Å². The Bertz CT molecular complexity index is 803. The lowest BCUT2D eigenvalue weighted by atomic mass is 9.97. The minimum absolute atomic E-state index is 0.130. The number of esters is 1. The van der Waals surface area contributed by atoms with Gasteiger partial charge < -0.3 is 14.2 Å². The van der Waals surface area contributed by atoms with Gasteiger partial charge in [-0.1, -0.05) is 35.9 Å². The van der Waals surface area contributed by atoms with Gasteiger partial charge in [0.25, 0.3) is 0 Å². The number of hydrogen-bond acceptors (Lipinski definition) is 5. The van der Waals surface area contributed by atoms with Crippen molar-refractivity contribution in [1.82, 2.24) is 0 Å². The third-order valence-electron chi connectivity index (χ3n) is 4.64. The highest BCUT2D eigenvalue weighted by atomic mass is 16.8. The maximum absolute atomic E-state index is 12.5. The van der Waals surface area contributed by atoms with Crippen LogP contribution in [0.25, 0.3) is 6.08 Å². The highest BCUT2D eigenvalue weighted by Crippen LogP contribution is 2.31. The summed E-state index contributed by atoms with van der Waals surface area (Å²) in [6, 6.07) is 3.94. The second kappa shape index (κ2) is 7.79. The van der Waals surface area contributed by atoms with Crippen LogP contribution in [0.3, 0.4) is 0 Å². The van der Waals surface area contributed by atoms with E-state index in [2.05, 4.69) is 0 Å². The standard InChI is InChI=1S/C22H26O5/c1-14-12-15(2)19-16(13-14)8-7-10-18-20(27-22(3,4)26-18)17(23)9-5-6-11-25-21(19)24/h5,7-9,12-13,18,20H,6,10-11H2,1-4H3/b8-7+,9-5-/t18-,20?/m1/s1. The molecule has 0 amide bonds. The molecule has 2 atom stereocenters. The normalized spacial score (nSPS) is 27.9. The number of ketones is 1. The van der Waals surface area contributed by atoms with Gasteiger partial charge >= 0.3 is 5.97 Å². The minimum atomic E-state index is -0.801. The summed E-state index contributed by atoms with van der Waals surface area (Å²) in [4.78, 5) is 25.0. The first-order valence-corrected chi connectivity index (χ1v) is 9.28. The average Bonchev–Trinajstić information content (AvgIpc) is 2.88. The van der Waals surface area contributed by atoms with Gasteiger partial charge in [-0.3, -0.25) is 4.79 Å². The van der Waals surface area contributed by atoms with Crippen LogP contribution in [0.4, 0.5) is 0 Å². The summed E-state index contributed by atoms with van der Waals surface area (Å²) in [7, 11) is 0. The molecular formula is C22H26O5. The first-order chi connectivity index (χ1) is 12.8. The van der Waals surface area contributed by atoms with Crippen molar-refractivity contribution in [2.45, 2.75) is 58.5 Å². The average molecular weight is 370 g/mol. The molecule has 0 saturated carbocycles. The van der Waals surface area contributed by atoms with E-state index in [-0.39, 0.29) is 24.5 Å². The summed E-state index contributed by atoms with van der Waals surface area (Å²) in [5, 5.41) is 0. The van der Waals surface area contributed by atoms with Crippen molar-refractivity contribution in [2.75, 3.05) is 6.61 Å². The predicted octanol–water partition coefficient (Wildman–Crippen LogP) is 3.91. The molecule has 0 aromatic heterocycles. The summed E-state index contributed by atoms with van der Waals surface area (Å²) >= 11 is 0. The topological polar surface area (TPSA) is 61.8 Å². The number of rotatable bonds is 0. The second-order valence-electron chi connectivity index (χ2n) is 7.51. The van der Waals surface area contributed by atoms with Crippen molar-refractivity contribution < 1.29 is 23.8 Å². The summed E-state index contributed by atoms with van der Waals surface area (Å²) < 4.78 is 17.1. The smallest absolute Gasteiger partial charge is 0.339 e. The molecule has 0 bridgehead atoms. The lowest BCUT2D eigenvalue weighted by Gasteiger charge is -2.16. The lowest BCUT2D eigenvalue weighted by molar-refractivity contribution is -0.152. The Morgan fingerprint density at radius 2 is 1.81 bits per heavy atom. The molecule has 0 spiro atoms. The number of hydrogen-bond donors (Lipinski definition) is 0. The van der Waals surface area contributed by atoms with E-state index in [1.54, 1.807) is 6.08 Å². The summed E-state index contributed by atoms with van der Waals surface area (Å²) in [6.07, 6.45) is 7.01. The molecule has 1 unspecified atom stereocenters. The van der Waals surface area contributed by atoms with Crippen LogP contribution in [-0.4, -0.2) is 36.4 Å². The zero-order valence-corrected chi connectivity index (χ0v) is 16.3. The Hall–Kier alpha value is -2.24. The minimum Gasteiger partial charge on any atom is -0.462 e. The summed E-state index contributed by atoms with van der Waals surface area (Å²) in [5.41, 5.74) is 3.35. The quantitative estimate of drug-likeness (QED) is 0.648. The maximum Gasteiger partial charge on any atom is 0.339 e. The van der Waals surface area contributed by atoms with E-state index in [1.807, 2.05) is 52.0 Å². The molecule has 0 radical (unpaired) electrons. The molecule has 0 aliphatic carbocycles.